The molecule has 1 heterocycles. The molecule has 2 unspecified atom stereocenters. The number of carbonyl (C=O) groups is 1. The Kier molecular flexibility index (Phi) is 6.60. The van der Waals surface area contributed by atoms with Crippen LogP contribution in [0.4, 0.5) is 0 Å². The number of ether oxygens (including phenoxy) is 2. The number of aliphatic hydroxyl groups is 1. The Bertz CT molecular complexity index is 257. The topological polar surface area (TPSA) is 59.0 Å². The summed E-state index contributed by atoms with van der Waals surface area (Å²) in [5, 5.41) is 9.87. The van der Waals surface area contributed by atoms with Gasteiger partial charge in [0.05, 0.1) is 25.4 Å². The summed E-state index contributed by atoms with van der Waals surface area (Å²) in [6, 6.07) is -0.196. The van der Waals surface area contributed by atoms with Crippen molar-refractivity contribution in [3.05, 3.63) is 0 Å². The van der Waals surface area contributed by atoms with Crippen molar-refractivity contribution in [3.8, 4) is 0 Å². The second-order valence-corrected chi connectivity index (χ2v) is 4.94. The Hall–Kier alpha value is -0.650. The van der Waals surface area contributed by atoms with Crippen molar-refractivity contribution >= 4 is 5.97 Å². The zero-order chi connectivity index (χ0) is 13.5. The number of likely N-dealkylation sites (tertiary alicyclic amines) is 1. The van der Waals surface area contributed by atoms with Gasteiger partial charge in [-0.1, -0.05) is 0 Å². The number of esters is 1. The summed E-state index contributed by atoms with van der Waals surface area (Å²) in [5.74, 6) is -0.174. The van der Waals surface area contributed by atoms with E-state index < -0.39 is 6.10 Å². The summed E-state index contributed by atoms with van der Waals surface area (Å²) in [7, 11) is 0. The van der Waals surface area contributed by atoms with Crippen molar-refractivity contribution in [1.29, 1.82) is 0 Å². The van der Waals surface area contributed by atoms with Gasteiger partial charge in [0.2, 0.25) is 0 Å². The van der Waals surface area contributed by atoms with E-state index in [1.807, 2.05) is 25.7 Å². The Labute approximate surface area is 109 Å². The summed E-state index contributed by atoms with van der Waals surface area (Å²) < 4.78 is 10.4. The number of β-amino-alcohol motifs (C(OH)–C–C–N with tert-alkyl or cyclic N) is 1. The van der Waals surface area contributed by atoms with Gasteiger partial charge in [-0.3, -0.25) is 9.69 Å². The van der Waals surface area contributed by atoms with Crippen LogP contribution in [0, 0.1) is 0 Å². The molecule has 0 aromatic rings. The standard InChI is InChI=1S/C13H25NO4/c1-4-17-13(16)12-6-5-7-14(12)8-11(15)9-18-10(2)3/h10-12,15H,4-9H2,1-3H3. The Morgan fingerprint density at radius 2 is 2.22 bits per heavy atom. The molecule has 0 radical (unpaired) electrons. The van der Waals surface area contributed by atoms with Gasteiger partial charge in [-0.25, -0.2) is 0 Å². The Balaban J connectivity index is 2.37. The average molecular weight is 259 g/mol. The molecular formula is C13H25NO4. The number of carbonyl (C=O) groups excluding carboxylic acids is 1. The van der Waals surface area contributed by atoms with Crippen molar-refractivity contribution in [1.82, 2.24) is 4.90 Å². The predicted molar refractivity (Wildman–Crippen MR) is 68.3 cm³/mol. The number of rotatable bonds is 7. The van der Waals surface area contributed by atoms with Gasteiger partial charge in [0, 0.05) is 6.54 Å². The first-order chi connectivity index (χ1) is 8.54. The molecule has 0 saturated carbocycles. The van der Waals surface area contributed by atoms with Crippen molar-refractivity contribution < 1.29 is 19.4 Å². The van der Waals surface area contributed by atoms with Crippen LogP contribution in [0.2, 0.25) is 0 Å². The van der Waals surface area contributed by atoms with E-state index >= 15 is 0 Å². The second-order valence-electron chi connectivity index (χ2n) is 4.94. The van der Waals surface area contributed by atoms with Crippen LogP contribution in [0.15, 0.2) is 0 Å². The van der Waals surface area contributed by atoms with Gasteiger partial charge in [0.1, 0.15) is 6.04 Å². The average Bonchev–Trinajstić information content (AvgIpc) is 2.75. The third-order valence-corrected chi connectivity index (χ3v) is 2.99. The molecule has 5 nitrogen and oxygen atoms in total. The van der Waals surface area contributed by atoms with Gasteiger partial charge < -0.3 is 14.6 Å². The van der Waals surface area contributed by atoms with Gasteiger partial charge in [-0.2, -0.15) is 0 Å². The van der Waals surface area contributed by atoms with Crippen LogP contribution in [0.5, 0.6) is 0 Å². The summed E-state index contributed by atoms with van der Waals surface area (Å²) in [5.41, 5.74) is 0. The third-order valence-electron chi connectivity index (χ3n) is 2.99. The highest BCUT2D eigenvalue weighted by molar-refractivity contribution is 5.76. The summed E-state index contributed by atoms with van der Waals surface area (Å²) >= 11 is 0. The van der Waals surface area contributed by atoms with Crippen LogP contribution >= 0.6 is 0 Å². The Morgan fingerprint density at radius 3 is 2.83 bits per heavy atom. The fourth-order valence-electron chi connectivity index (χ4n) is 2.18. The minimum Gasteiger partial charge on any atom is -0.465 e. The van der Waals surface area contributed by atoms with Crippen molar-refractivity contribution in [2.45, 2.75) is 51.9 Å². The number of nitrogens with zero attached hydrogens (tertiary/aromatic N) is 1. The van der Waals surface area contributed by atoms with Crippen LogP contribution in [0.1, 0.15) is 33.6 Å². The maximum absolute atomic E-state index is 11.7. The van der Waals surface area contributed by atoms with Crippen LogP contribution in [-0.2, 0) is 14.3 Å². The fraction of sp³-hybridized carbons (Fsp3) is 0.923. The molecular weight excluding hydrogens is 234 g/mol. The molecule has 18 heavy (non-hydrogen) atoms. The van der Waals surface area contributed by atoms with Crippen molar-refractivity contribution in [3.63, 3.8) is 0 Å². The lowest BCUT2D eigenvalue weighted by atomic mass is 10.2. The molecule has 5 heteroatoms. The monoisotopic (exact) mass is 259 g/mol. The predicted octanol–water partition coefficient (Wildman–Crippen LogP) is 0.800. The molecule has 1 rings (SSSR count). The molecule has 106 valence electrons. The van der Waals surface area contributed by atoms with Crippen molar-refractivity contribution in [2.75, 3.05) is 26.3 Å². The maximum Gasteiger partial charge on any atom is 0.323 e. The quantitative estimate of drug-likeness (QED) is 0.685. The molecule has 1 aliphatic heterocycles. The normalized spacial score (nSPS) is 22.4. The summed E-state index contributed by atoms with van der Waals surface area (Å²) in [4.78, 5) is 13.7. The fourth-order valence-corrected chi connectivity index (χ4v) is 2.18. The molecule has 1 fully saturated rings. The van der Waals surface area contributed by atoms with Gasteiger partial charge >= 0.3 is 5.97 Å². The molecule has 0 aromatic heterocycles. The molecule has 0 aliphatic carbocycles. The van der Waals surface area contributed by atoms with E-state index in [1.165, 1.54) is 0 Å². The van der Waals surface area contributed by atoms with Gasteiger partial charge in [-0.05, 0) is 40.2 Å². The largest absolute Gasteiger partial charge is 0.465 e. The highest BCUT2D eigenvalue weighted by Gasteiger charge is 2.32. The zero-order valence-electron chi connectivity index (χ0n) is 11.6. The molecule has 1 aliphatic rings. The number of aliphatic hydroxyl groups excluding tert-OH is 1. The van der Waals surface area contributed by atoms with Crippen LogP contribution in [0.25, 0.3) is 0 Å². The van der Waals surface area contributed by atoms with E-state index in [0.717, 1.165) is 19.4 Å². The number of hydrogen-bond acceptors (Lipinski definition) is 5. The van der Waals surface area contributed by atoms with E-state index in [9.17, 15) is 9.90 Å². The van der Waals surface area contributed by atoms with E-state index in [2.05, 4.69) is 0 Å². The van der Waals surface area contributed by atoms with E-state index in [-0.39, 0.29) is 18.1 Å². The smallest absolute Gasteiger partial charge is 0.323 e. The first-order valence-corrected chi connectivity index (χ1v) is 6.75. The molecule has 0 spiro atoms. The molecule has 0 aromatic carbocycles. The van der Waals surface area contributed by atoms with Crippen molar-refractivity contribution in [2.24, 2.45) is 0 Å². The van der Waals surface area contributed by atoms with Crippen LogP contribution in [0.3, 0.4) is 0 Å². The lowest BCUT2D eigenvalue weighted by Crippen LogP contribution is -2.42. The van der Waals surface area contributed by atoms with Gasteiger partial charge in [0.15, 0.2) is 0 Å². The Morgan fingerprint density at radius 1 is 1.50 bits per heavy atom. The minimum absolute atomic E-state index is 0.110. The SMILES string of the molecule is CCOC(=O)C1CCCN1CC(O)COC(C)C. The first-order valence-electron chi connectivity index (χ1n) is 6.75. The molecule has 1 N–H and O–H groups in total. The zero-order valence-corrected chi connectivity index (χ0v) is 11.6. The maximum atomic E-state index is 11.7. The number of hydrogen-bond donors (Lipinski definition) is 1. The van der Waals surface area contributed by atoms with E-state index in [0.29, 0.717) is 19.8 Å². The van der Waals surface area contributed by atoms with Gasteiger partial charge in [-0.15, -0.1) is 0 Å². The minimum atomic E-state index is -0.553. The summed E-state index contributed by atoms with van der Waals surface area (Å²) in [6.45, 7) is 7.70. The lowest BCUT2D eigenvalue weighted by molar-refractivity contribution is -0.149. The highest BCUT2D eigenvalue weighted by Crippen LogP contribution is 2.18. The van der Waals surface area contributed by atoms with Crippen LogP contribution in [-0.4, -0.2) is 60.5 Å². The molecule has 0 amide bonds. The summed E-state index contributed by atoms with van der Waals surface area (Å²) in [6.07, 6.45) is 1.35. The first kappa shape index (κ1) is 15.4. The third kappa shape index (κ3) is 4.92. The van der Waals surface area contributed by atoms with E-state index in [1.54, 1.807) is 0 Å². The molecule has 0 bridgehead atoms. The second kappa shape index (κ2) is 7.71. The van der Waals surface area contributed by atoms with Crippen LogP contribution < -0.4 is 0 Å². The highest BCUT2D eigenvalue weighted by atomic mass is 16.5. The molecule has 2 atom stereocenters. The molecule has 1 saturated heterocycles. The van der Waals surface area contributed by atoms with Gasteiger partial charge in [0.25, 0.3) is 0 Å². The van der Waals surface area contributed by atoms with E-state index in [4.69, 9.17) is 9.47 Å². The lowest BCUT2D eigenvalue weighted by Gasteiger charge is -2.25.